The van der Waals surface area contributed by atoms with E-state index in [-0.39, 0.29) is 18.7 Å². The molecule has 1 saturated heterocycles. The molecule has 29 heavy (non-hydrogen) atoms. The predicted molar refractivity (Wildman–Crippen MR) is 124 cm³/mol. The number of nitrogens with zero attached hydrogens (tertiary/aromatic N) is 4. The van der Waals surface area contributed by atoms with E-state index >= 15 is 0 Å². The summed E-state index contributed by atoms with van der Waals surface area (Å²) in [6, 6.07) is 14.8. The van der Waals surface area contributed by atoms with E-state index in [0.29, 0.717) is 5.96 Å². The van der Waals surface area contributed by atoms with Crippen LogP contribution < -0.4 is 16.0 Å². The molecule has 2 aromatic carbocycles. The van der Waals surface area contributed by atoms with E-state index in [9.17, 15) is 0 Å². The van der Waals surface area contributed by atoms with Gasteiger partial charge in [0, 0.05) is 24.5 Å². The van der Waals surface area contributed by atoms with Crippen LogP contribution in [0.5, 0.6) is 0 Å². The Morgan fingerprint density at radius 3 is 2.45 bits per heavy atom. The van der Waals surface area contributed by atoms with Crippen molar-refractivity contribution in [3.63, 3.8) is 0 Å². The van der Waals surface area contributed by atoms with Crippen molar-refractivity contribution in [2.45, 2.75) is 39.9 Å². The molecule has 0 saturated carbocycles. The van der Waals surface area contributed by atoms with Crippen LogP contribution >= 0.6 is 12.4 Å². The number of halogens is 1. The third kappa shape index (κ3) is 4.48. The van der Waals surface area contributed by atoms with Crippen molar-refractivity contribution in [1.29, 1.82) is 0 Å². The van der Waals surface area contributed by atoms with E-state index in [1.165, 1.54) is 29.5 Å². The van der Waals surface area contributed by atoms with Crippen LogP contribution in [0.15, 0.2) is 52.4 Å². The lowest BCUT2D eigenvalue weighted by molar-refractivity contribution is 0.497. The Morgan fingerprint density at radius 1 is 1.00 bits per heavy atom. The molecule has 2 aliphatic heterocycles. The lowest BCUT2D eigenvalue weighted by atomic mass is 10.1. The zero-order chi connectivity index (χ0) is 19.7. The Kier molecular flexibility index (Phi) is 6.33. The fourth-order valence-electron chi connectivity index (χ4n) is 3.73. The van der Waals surface area contributed by atoms with Gasteiger partial charge in [0.25, 0.3) is 0 Å². The maximum atomic E-state index is 6.13. The molecule has 6 nitrogen and oxygen atoms in total. The van der Waals surface area contributed by atoms with Crippen LogP contribution in [0.1, 0.15) is 29.5 Å². The van der Waals surface area contributed by atoms with Crippen molar-refractivity contribution in [2.24, 2.45) is 15.7 Å². The van der Waals surface area contributed by atoms with Gasteiger partial charge in [-0.1, -0.05) is 18.2 Å². The van der Waals surface area contributed by atoms with Gasteiger partial charge in [0.05, 0.1) is 0 Å². The second kappa shape index (κ2) is 8.74. The first-order valence-corrected chi connectivity index (χ1v) is 9.88. The topological polar surface area (TPSA) is 69.2 Å². The smallest absolute Gasteiger partial charge is 0.222 e. The van der Waals surface area contributed by atoms with Crippen molar-refractivity contribution in [1.82, 2.24) is 4.90 Å². The van der Waals surface area contributed by atoms with Gasteiger partial charge < -0.3 is 16.0 Å². The molecule has 2 aromatic rings. The van der Waals surface area contributed by atoms with Gasteiger partial charge >= 0.3 is 0 Å². The summed E-state index contributed by atoms with van der Waals surface area (Å²) in [6.07, 6.45) is 2.00. The van der Waals surface area contributed by atoms with Crippen molar-refractivity contribution in [3.05, 3.63) is 59.2 Å². The van der Waals surface area contributed by atoms with E-state index in [4.69, 9.17) is 5.73 Å². The molecule has 7 heteroatoms. The number of hydrogen-bond donors (Lipinski definition) is 2. The maximum Gasteiger partial charge on any atom is 0.222 e. The maximum absolute atomic E-state index is 6.13. The molecular weight excluding hydrogens is 384 g/mol. The Morgan fingerprint density at radius 2 is 1.76 bits per heavy atom. The summed E-state index contributed by atoms with van der Waals surface area (Å²) in [5, 5.41) is 3.55. The molecule has 0 bridgehead atoms. The highest BCUT2D eigenvalue weighted by molar-refractivity contribution is 6.06. The standard InChI is InChI=1S/C22H28N6.ClH/c1-15-7-6-8-19(13-15)28-21(24-18-10-9-16(2)17(3)14-18)25-20(23)26-22(28)27-11-4-5-12-27;/h6-10,13-14,21,24H,4-5,11-12H2,1-3H3,(H2,23,25);1H. The number of rotatable bonds is 3. The summed E-state index contributed by atoms with van der Waals surface area (Å²) in [7, 11) is 0. The minimum atomic E-state index is -0.350. The summed E-state index contributed by atoms with van der Waals surface area (Å²) < 4.78 is 0. The molecule has 1 atom stereocenters. The van der Waals surface area contributed by atoms with Crippen molar-refractivity contribution in [2.75, 3.05) is 23.3 Å². The first kappa shape index (κ1) is 21.0. The second-order valence-corrected chi connectivity index (χ2v) is 7.62. The van der Waals surface area contributed by atoms with Crippen molar-refractivity contribution < 1.29 is 0 Å². The normalized spacial score (nSPS) is 18.8. The van der Waals surface area contributed by atoms with Gasteiger partial charge in [-0.05, 0) is 74.6 Å². The lowest BCUT2D eigenvalue weighted by Crippen LogP contribution is -2.54. The number of aryl methyl sites for hydroxylation is 3. The van der Waals surface area contributed by atoms with E-state index in [2.05, 4.69) is 88.3 Å². The average Bonchev–Trinajstić information content (AvgIpc) is 3.19. The first-order valence-electron chi connectivity index (χ1n) is 9.88. The molecule has 0 spiro atoms. The highest BCUT2D eigenvalue weighted by Crippen LogP contribution is 2.26. The molecule has 3 N–H and O–H groups in total. The van der Waals surface area contributed by atoms with Crippen molar-refractivity contribution >= 4 is 35.7 Å². The largest absolute Gasteiger partial charge is 0.368 e. The van der Waals surface area contributed by atoms with Crippen LogP contribution in [0, 0.1) is 20.8 Å². The molecule has 0 amide bonds. The van der Waals surface area contributed by atoms with Crippen LogP contribution in [0.25, 0.3) is 0 Å². The number of likely N-dealkylation sites (tertiary alicyclic amines) is 1. The molecule has 1 fully saturated rings. The Balaban J connectivity index is 0.00000240. The third-order valence-corrected chi connectivity index (χ3v) is 5.40. The van der Waals surface area contributed by atoms with Gasteiger partial charge in [-0.25, -0.2) is 4.99 Å². The number of hydrogen-bond acceptors (Lipinski definition) is 6. The van der Waals surface area contributed by atoms with Gasteiger partial charge in [-0.2, -0.15) is 4.99 Å². The fourth-order valence-corrected chi connectivity index (χ4v) is 3.73. The van der Waals surface area contributed by atoms with E-state index < -0.39 is 0 Å². The molecule has 2 aliphatic rings. The minimum Gasteiger partial charge on any atom is -0.368 e. The van der Waals surface area contributed by atoms with E-state index in [1.54, 1.807) is 0 Å². The lowest BCUT2D eigenvalue weighted by Gasteiger charge is -2.38. The fraction of sp³-hybridized carbons (Fsp3) is 0.364. The van der Waals surface area contributed by atoms with Gasteiger partial charge in [0.1, 0.15) is 0 Å². The summed E-state index contributed by atoms with van der Waals surface area (Å²) >= 11 is 0. The summed E-state index contributed by atoms with van der Waals surface area (Å²) in [5.74, 6) is 1.18. The van der Waals surface area contributed by atoms with E-state index in [1.807, 2.05) is 0 Å². The Hall–Kier alpha value is -2.73. The SMILES string of the molecule is Cc1cccc(N2C(N3CCCC3)=NC(N)=NC2Nc2ccc(C)c(C)c2)c1.Cl. The van der Waals surface area contributed by atoms with Crippen LogP contribution in [0.2, 0.25) is 0 Å². The number of benzene rings is 2. The summed E-state index contributed by atoms with van der Waals surface area (Å²) in [4.78, 5) is 13.7. The molecule has 0 radical (unpaired) electrons. The predicted octanol–water partition coefficient (Wildman–Crippen LogP) is 4.02. The zero-order valence-electron chi connectivity index (χ0n) is 17.2. The minimum absolute atomic E-state index is 0. The molecule has 0 aliphatic carbocycles. The first-order chi connectivity index (χ1) is 13.5. The van der Waals surface area contributed by atoms with Crippen LogP contribution in [-0.4, -0.2) is 36.2 Å². The third-order valence-electron chi connectivity index (χ3n) is 5.40. The number of aliphatic imine (C=N–C) groups is 2. The second-order valence-electron chi connectivity index (χ2n) is 7.62. The van der Waals surface area contributed by atoms with Gasteiger partial charge in [-0.3, -0.25) is 4.90 Å². The van der Waals surface area contributed by atoms with E-state index in [0.717, 1.165) is 30.4 Å². The number of nitrogens with one attached hydrogen (secondary N) is 1. The highest BCUT2D eigenvalue weighted by Gasteiger charge is 2.32. The summed E-state index contributed by atoms with van der Waals surface area (Å²) in [6.45, 7) is 8.32. The molecule has 154 valence electrons. The Bertz CT molecular complexity index is 933. The van der Waals surface area contributed by atoms with Gasteiger partial charge in [0.2, 0.25) is 18.2 Å². The number of anilines is 2. The van der Waals surface area contributed by atoms with Crippen LogP contribution in [0.3, 0.4) is 0 Å². The molecule has 0 aromatic heterocycles. The number of nitrogens with two attached hydrogens (primary N) is 1. The molecule has 4 rings (SSSR count). The molecule has 2 heterocycles. The van der Waals surface area contributed by atoms with Gasteiger partial charge in [0.15, 0.2) is 0 Å². The van der Waals surface area contributed by atoms with Crippen LogP contribution in [0.4, 0.5) is 11.4 Å². The van der Waals surface area contributed by atoms with Crippen molar-refractivity contribution in [3.8, 4) is 0 Å². The highest BCUT2D eigenvalue weighted by atomic mass is 35.5. The average molecular weight is 413 g/mol. The van der Waals surface area contributed by atoms with Crippen LogP contribution in [-0.2, 0) is 0 Å². The molecular formula is C22H29ClN6. The molecule has 1 unspecified atom stereocenters. The quantitative estimate of drug-likeness (QED) is 0.798. The Labute approximate surface area is 178 Å². The summed E-state index contributed by atoms with van der Waals surface area (Å²) in [5.41, 5.74) is 11.9. The van der Waals surface area contributed by atoms with Gasteiger partial charge in [-0.15, -0.1) is 12.4 Å². The zero-order valence-corrected chi connectivity index (χ0v) is 18.0. The monoisotopic (exact) mass is 412 g/mol. The number of guanidine groups is 2.